The van der Waals surface area contributed by atoms with Crippen molar-refractivity contribution in [2.45, 2.75) is 57.9 Å². The van der Waals surface area contributed by atoms with E-state index in [1.165, 1.54) is 0 Å². The summed E-state index contributed by atoms with van der Waals surface area (Å²) in [6, 6.07) is 0.0765. The first-order chi connectivity index (χ1) is 8.07. The number of amides is 1. The van der Waals surface area contributed by atoms with Gasteiger partial charge in [-0.25, -0.2) is 0 Å². The highest BCUT2D eigenvalue weighted by Gasteiger charge is 2.43. The summed E-state index contributed by atoms with van der Waals surface area (Å²) in [5.74, 6) is -0.836. The van der Waals surface area contributed by atoms with Crippen molar-refractivity contribution in [2.24, 2.45) is 11.3 Å². The van der Waals surface area contributed by atoms with Gasteiger partial charge in [-0.3, -0.25) is 9.59 Å². The molecule has 4 nitrogen and oxygen atoms in total. The van der Waals surface area contributed by atoms with Gasteiger partial charge in [0.15, 0.2) is 0 Å². The summed E-state index contributed by atoms with van der Waals surface area (Å²) in [5.41, 5.74) is -0.138. The zero-order chi connectivity index (χ0) is 12.5. The number of carbonyl (C=O) groups excluding carboxylic acids is 1. The number of carboxylic acids is 1. The Morgan fingerprint density at radius 1 is 1.35 bits per heavy atom. The van der Waals surface area contributed by atoms with Crippen LogP contribution in [0.5, 0.6) is 0 Å². The molecule has 0 aromatic heterocycles. The van der Waals surface area contributed by atoms with Crippen LogP contribution < -0.4 is 5.32 Å². The highest BCUT2D eigenvalue weighted by atomic mass is 16.4. The molecule has 0 aromatic rings. The van der Waals surface area contributed by atoms with E-state index >= 15 is 0 Å². The van der Waals surface area contributed by atoms with Gasteiger partial charge in [-0.15, -0.1) is 0 Å². The van der Waals surface area contributed by atoms with Crippen molar-refractivity contribution in [3.05, 3.63) is 0 Å². The Morgan fingerprint density at radius 2 is 2.06 bits per heavy atom. The van der Waals surface area contributed by atoms with Gasteiger partial charge in [-0.2, -0.15) is 0 Å². The fraction of sp³-hybridized carbons (Fsp3) is 0.846. The van der Waals surface area contributed by atoms with Crippen molar-refractivity contribution >= 4 is 11.9 Å². The summed E-state index contributed by atoms with van der Waals surface area (Å²) in [4.78, 5) is 23.0. The van der Waals surface area contributed by atoms with Gasteiger partial charge in [0.2, 0.25) is 5.91 Å². The third kappa shape index (κ3) is 2.31. The molecule has 2 fully saturated rings. The summed E-state index contributed by atoms with van der Waals surface area (Å²) in [5, 5.41) is 12.0. The van der Waals surface area contributed by atoms with E-state index in [0.29, 0.717) is 12.8 Å². The fourth-order valence-electron chi connectivity index (χ4n) is 3.02. The summed E-state index contributed by atoms with van der Waals surface area (Å²) in [6.07, 6.45) is 6.12. The van der Waals surface area contributed by atoms with Crippen LogP contribution in [0.1, 0.15) is 51.9 Å². The number of carbonyl (C=O) groups is 2. The van der Waals surface area contributed by atoms with Gasteiger partial charge in [0.05, 0.1) is 5.92 Å². The fourth-order valence-corrected chi connectivity index (χ4v) is 3.02. The Morgan fingerprint density at radius 3 is 2.47 bits per heavy atom. The van der Waals surface area contributed by atoms with E-state index in [-0.39, 0.29) is 23.3 Å². The molecule has 0 aromatic carbocycles. The number of hydrogen-bond acceptors (Lipinski definition) is 2. The second-order valence-corrected chi connectivity index (χ2v) is 5.51. The Hall–Kier alpha value is -1.06. The number of aliphatic carboxylic acids is 1. The standard InChI is InChI=1S/C13H21NO3/c1-2-13(6-3-7-13)12(17)14-10-5-4-9(8-10)11(15)16/h9-10H,2-8H2,1H3,(H,14,17)(H,15,16)/t9-,10+/m1/s1. The molecule has 0 saturated heterocycles. The molecule has 0 spiro atoms. The smallest absolute Gasteiger partial charge is 0.306 e. The van der Waals surface area contributed by atoms with Crippen LogP contribution in [0.3, 0.4) is 0 Å². The molecule has 2 rings (SSSR count). The maximum Gasteiger partial charge on any atom is 0.306 e. The van der Waals surface area contributed by atoms with Gasteiger partial charge < -0.3 is 10.4 Å². The van der Waals surface area contributed by atoms with E-state index in [4.69, 9.17) is 5.11 Å². The molecule has 0 bridgehead atoms. The van der Waals surface area contributed by atoms with Gasteiger partial charge in [0.1, 0.15) is 0 Å². The predicted molar refractivity (Wildman–Crippen MR) is 63.5 cm³/mol. The Balaban J connectivity index is 1.86. The summed E-state index contributed by atoms with van der Waals surface area (Å²) >= 11 is 0. The predicted octanol–water partition coefficient (Wildman–Crippen LogP) is 1.94. The monoisotopic (exact) mass is 239 g/mol. The first-order valence-electron chi connectivity index (χ1n) is 6.61. The molecule has 1 amide bonds. The minimum Gasteiger partial charge on any atom is -0.481 e. The molecule has 0 radical (unpaired) electrons. The van der Waals surface area contributed by atoms with Gasteiger partial charge in [0.25, 0.3) is 0 Å². The van der Waals surface area contributed by atoms with E-state index in [9.17, 15) is 9.59 Å². The van der Waals surface area contributed by atoms with Crippen molar-refractivity contribution in [3.63, 3.8) is 0 Å². The average Bonchev–Trinajstić information content (AvgIpc) is 2.65. The second kappa shape index (κ2) is 4.67. The van der Waals surface area contributed by atoms with Crippen molar-refractivity contribution < 1.29 is 14.7 Å². The molecule has 96 valence electrons. The van der Waals surface area contributed by atoms with Crippen LogP contribution >= 0.6 is 0 Å². The first kappa shape index (κ1) is 12.4. The molecule has 0 aliphatic heterocycles. The molecule has 0 heterocycles. The topological polar surface area (TPSA) is 66.4 Å². The lowest BCUT2D eigenvalue weighted by Crippen LogP contribution is -2.48. The van der Waals surface area contributed by atoms with Crippen LogP contribution in [-0.2, 0) is 9.59 Å². The molecule has 2 saturated carbocycles. The molecule has 17 heavy (non-hydrogen) atoms. The van der Waals surface area contributed by atoms with E-state index in [2.05, 4.69) is 12.2 Å². The van der Waals surface area contributed by atoms with Crippen molar-refractivity contribution in [1.29, 1.82) is 0 Å². The number of carboxylic acid groups (broad SMARTS) is 1. The number of hydrogen-bond donors (Lipinski definition) is 2. The maximum atomic E-state index is 12.2. The molecular weight excluding hydrogens is 218 g/mol. The highest BCUT2D eigenvalue weighted by molar-refractivity contribution is 5.83. The van der Waals surface area contributed by atoms with Gasteiger partial charge in [0, 0.05) is 11.5 Å². The molecule has 2 aliphatic carbocycles. The van der Waals surface area contributed by atoms with Crippen LogP contribution in [0.2, 0.25) is 0 Å². The van der Waals surface area contributed by atoms with Gasteiger partial charge in [-0.1, -0.05) is 13.3 Å². The molecule has 2 atom stereocenters. The van der Waals surface area contributed by atoms with E-state index in [1.807, 2.05) is 0 Å². The summed E-state index contributed by atoms with van der Waals surface area (Å²) in [6.45, 7) is 2.06. The zero-order valence-electron chi connectivity index (χ0n) is 10.4. The quantitative estimate of drug-likeness (QED) is 0.787. The lowest BCUT2D eigenvalue weighted by atomic mass is 9.66. The van der Waals surface area contributed by atoms with Crippen LogP contribution in [0.25, 0.3) is 0 Å². The van der Waals surface area contributed by atoms with Gasteiger partial charge >= 0.3 is 5.97 Å². The van der Waals surface area contributed by atoms with E-state index in [0.717, 1.165) is 32.1 Å². The van der Waals surface area contributed by atoms with Crippen LogP contribution in [0, 0.1) is 11.3 Å². The SMILES string of the molecule is CCC1(C(=O)N[C@H]2CC[C@@H](C(=O)O)C2)CCC1. The van der Waals surface area contributed by atoms with Gasteiger partial charge in [-0.05, 0) is 38.5 Å². The van der Waals surface area contributed by atoms with E-state index < -0.39 is 5.97 Å². The van der Waals surface area contributed by atoms with E-state index in [1.54, 1.807) is 0 Å². The summed E-state index contributed by atoms with van der Waals surface area (Å²) < 4.78 is 0. The molecular formula is C13H21NO3. The Kier molecular flexibility index (Phi) is 3.40. The molecule has 4 heteroatoms. The lowest BCUT2D eigenvalue weighted by Gasteiger charge is -2.40. The van der Waals surface area contributed by atoms with Crippen molar-refractivity contribution in [2.75, 3.05) is 0 Å². The molecule has 0 unspecified atom stereocenters. The third-order valence-electron chi connectivity index (χ3n) is 4.59. The van der Waals surface area contributed by atoms with Crippen molar-refractivity contribution in [1.82, 2.24) is 5.32 Å². The summed E-state index contributed by atoms with van der Waals surface area (Å²) in [7, 11) is 0. The van der Waals surface area contributed by atoms with Crippen molar-refractivity contribution in [3.8, 4) is 0 Å². The Bertz CT molecular complexity index is 317. The van der Waals surface area contributed by atoms with Crippen LogP contribution in [0.4, 0.5) is 0 Å². The maximum absolute atomic E-state index is 12.2. The molecule has 2 N–H and O–H groups in total. The Labute approximate surface area is 102 Å². The highest BCUT2D eigenvalue weighted by Crippen LogP contribution is 2.44. The molecule has 2 aliphatic rings. The first-order valence-corrected chi connectivity index (χ1v) is 6.61. The minimum atomic E-state index is -0.726. The normalized spacial score (nSPS) is 30.6. The largest absolute Gasteiger partial charge is 0.481 e. The zero-order valence-corrected chi connectivity index (χ0v) is 10.4. The number of nitrogens with one attached hydrogen (secondary N) is 1. The third-order valence-corrected chi connectivity index (χ3v) is 4.59. The van der Waals surface area contributed by atoms with Crippen LogP contribution in [-0.4, -0.2) is 23.0 Å². The minimum absolute atomic E-state index is 0.0765. The number of rotatable bonds is 4. The second-order valence-electron chi connectivity index (χ2n) is 5.51. The lowest BCUT2D eigenvalue weighted by molar-refractivity contribution is -0.142. The van der Waals surface area contributed by atoms with Crippen LogP contribution in [0.15, 0.2) is 0 Å². The average molecular weight is 239 g/mol.